The van der Waals surface area contributed by atoms with Gasteiger partial charge in [0.15, 0.2) is 0 Å². The normalized spacial score (nSPS) is 21.0. The number of hydrogen-bond acceptors (Lipinski definition) is 4. The average Bonchev–Trinajstić information content (AvgIpc) is 2.90. The van der Waals surface area contributed by atoms with Gasteiger partial charge in [-0.25, -0.2) is 9.97 Å². The van der Waals surface area contributed by atoms with E-state index in [0.29, 0.717) is 17.9 Å². The summed E-state index contributed by atoms with van der Waals surface area (Å²) < 4.78 is 5.80. The molecule has 2 N–H and O–H groups in total. The molecule has 3 heterocycles. The molecule has 5 nitrogen and oxygen atoms in total. The second kappa shape index (κ2) is 8.83. The van der Waals surface area contributed by atoms with Crippen LogP contribution in [0.4, 0.5) is 0 Å². The van der Waals surface area contributed by atoms with Crippen molar-refractivity contribution in [3.8, 4) is 0 Å². The molecule has 2 atom stereocenters. The van der Waals surface area contributed by atoms with Gasteiger partial charge in [0, 0.05) is 18.4 Å². The van der Waals surface area contributed by atoms with Crippen LogP contribution in [0.3, 0.4) is 0 Å². The maximum atomic E-state index is 11.5. The lowest BCUT2D eigenvalue weighted by molar-refractivity contribution is 0.0298. The fraction of sp³-hybridized carbons (Fsp3) is 0.706. The lowest BCUT2D eigenvalue weighted by Gasteiger charge is -2.24. The predicted octanol–water partition coefficient (Wildman–Crippen LogP) is 3.36. The standard InChI is InChI=1S/C12H15N3O2.C3H8.C2H6/c1-2-9-14-7-5-6-3-4-8(17-6)10(7)11(15-9)12(13)16;1-3-2;1-2/h6,8H,2-5H2,1H3,(H2,13,16);3H2,1-2H3;1-2H3. The molecule has 22 heavy (non-hydrogen) atoms. The van der Waals surface area contributed by atoms with Crippen LogP contribution in [-0.2, 0) is 17.6 Å². The number of rotatable bonds is 2. The first-order chi connectivity index (χ1) is 10.6. The summed E-state index contributed by atoms with van der Waals surface area (Å²) in [4.78, 5) is 20.3. The van der Waals surface area contributed by atoms with Crippen LogP contribution in [0.2, 0.25) is 0 Å². The van der Waals surface area contributed by atoms with E-state index in [0.717, 1.165) is 30.5 Å². The topological polar surface area (TPSA) is 78.1 Å². The van der Waals surface area contributed by atoms with Gasteiger partial charge >= 0.3 is 0 Å². The van der Waals surface area contributed by atoms with E-state index in [9.17, 15) is 4.79 Å². The van der Waals surface area contributed by atoms with E-state index < -0.39 is 5.91 Å². The van der Waals surface area contributed by atoms with Crippen molar-refractivity contribution in [2.75, 3.05) is 0 Å². The van der Waals surface area contributed by atoms with Crippen LogP contribution in [0.15, 0.2) is 0 Å². The van der Waals surface area contributed by atoms with Gasteiger partial charge in [-0.05, 0) is 12.8 Å². The number of amides is 1. The monoisotopic (exact) mass is 307 g/mol. The van der Waals surface area contributed by atoms with Crippen molar-refractivity contribution in [2.24, 2.45) is 5.73 Å². The van der Waals surface area contributed by atoms with Gasteiger partial charge in [0.25, 0.3) is 5.91 Å². The first-order valence-electron chi connectivity index (χ1n) is 8.45. The summed E-state index contributed by atoms with van der Waals surface area (Å²) in [6.07, 6.45) is 4.93. The van der Waals surface area contributed by atoms with Crippen LogP contribution >= 0.6 is 0 Å². The zero-order chi connectivity index (χ0) is 16.7. The zero-order valence-corrected chi connectivity index (χ0v) is 14.5. The van der Waals surface area contributed by atoms with Crippen molar-refractivity contribution in [2.45, 2.75) is 78.9 Å². The molecule has 1 amide bonds. The minimum absolute atomic E-state index is 0.0304. The second-order valence-corrected chi connectivity index (χ2v) is 5.30. The molecule has 0 aliphatic carbocycles. The summed E-state index contributed by atoms with van der Waals surface area (Å²) in [6, 6.07) is 0. The molecule has 2 bridgehead atoms. The van der Waals surface area contributed by atoms with Crippen molar-refractivity contribution < 1.29 is 9.53 Å². The number of aryl methyl sites for hydroxylation is 1. The third-order valence-electron chi connectivity index (χ3n) is 3.47. The van der Waals surface area contributed by atoms with Crippen molar-refractivity contribution in [3.63, 3.8) is 0 Å². The molecule has 2 aliphatic rings. The lowest BCUT2D eigenvalue weighted by Crippen LogP contribution is -2.26. The van der Waals surface area contributed by atoms with Crippen molar-refractivity contribution in [3.05, 3.63) is 22.8 Å². The molecule has 2 aliphatic heterocycles. The number of carbonyl (C=O) groups is 1. The van der Waals surface area contributed by atoms with Gasteiger partial charge in [0.05, 0.1) is 17.9 Å². The molecule has 1 aromatic heterocycles. The molecule has 3 rings (SSSR count). The summed E-state index contributed by atoms with van der Waals surface area (Å²) in [7, 11) is 0. The Morgan fingerprint density at radius 3 is 2.41 bits per heavy atom. The molecule has 1 aromatic rings. The highest BCUT2D eigenvalue weighted by molar-refractivity contribution is 5.92. The first-order valence-corrected chi connectivity index (χ1v) is 8.45. The van der Waals surface area contributed by atoms with E-state index in [1.807, 2.05) is 20.8 Å². The fourth-order valence-electron chi connectivity index (χ4n) is 2.69. The highest BCUT2D eigenvalue weighted by atomic mass is 16.5. The number of primary amides is 1. The molecule has 1 fully saturated rings. The summed E-state index contributed by atoms with van der Waals surface area (Å²) >= 11 is 0. The van der Waals surface area contributed by atoms with Crippen LogP contribution in [0, 0.1) is 0 Å². The summed E-state index contributed by atoms with van der Waals surface area (Å²) in [5.41, 5.74) is 7.56. The highest BCUT2D eigenvalue weighted by Gasteiger charge is 2.38. The number of nitrogens with zero attached hydrogens (tertiary/aromatic N) is 2. The molecule has 0 spiro atoms. The van der Waals surface area contributed by atoms with Crippen LogP contribution < -0.4 is 5.73 Å². The summed E-state index contributed by atoms with van der Waals surface area (Å²) in [5.74, 6) is 0.214. The number of carbonyl (C=O) groups excluding carboxylic acids is 1. The van der Waals surface area contributed by atoms with Crippen LogP contribution in [-0.4, -0.2) is 22.0 Å². The molecular formula is C17H29N3O2. The predicted molar refractivity (Wildman–Crippen MR) is 87.8 cm³/mol. The third kappa shape index (κ3) is 4.03. The Labute approximate surface area is 133 Å². The molecule has 0 radical (unpaired) electrons. The maximum Gasteiger partial charge on any atom is 0.267 e. The molecule has 124 valence electrons. The number of ether oxygens (including phenoxy) is 1. The van der Waals surface area contributed by atoms with Crippen molar-refractivity contribution in [1.82, 2.24) is 9.97 Å². The van der Waals surface area contributed by atoms with E-state index in [1.165, 1.54) is 6.42 Å². The van der Waals surface area contributed by atoms with E-state index >= 15 is 0 Å². The maximum absolute atomic E-state index is 11.5. The van der Waals surface area contributed by atoms with E-state index in [2.05, 4.69) is 23.8 Å². The van der Waals surface area contributed by atoms with Gasteiger partial charge < -0.3 is 10.5 Å². The van der Waals surface area contributed by atoms with E-state index in [1.54, 1.807) is 0 Å². The molecule has 0 saturated carbocycles. The number of fused-ring (bicyclic) bond motifs is 4. The minimum atomic E-state index is -0.479. The Kier molecular flexibility index (Phi) is 7.45. The van der Waals surface area contributed by atoms with Crippen LogP contribution in [0.5, 0.6) is 0 Å². The largest absolute Gasteiger partial charge is 0.370 e. The molecule has 2 unspecified atom stereocenters. The molecule has 5 heteroatoms. The number of nitrogens with two attached hydrogens (primary N) is 1. The Balaban J connectivity index is 0.000000435. The van der Waals surface area contributed by atoms with E-state index in [4.69, 9.17) is 10.5 Å². The molecular weight excluding hydrogens is 278 g/mol. The van der Waals surface area contributed by atoms with E-state index in [-0.39, 0.29) is 12.2 Å². The Morgan fingerprint density at radius 2 is 1.86 bits per heavy atom. The smallest absolute Gasteiger partial charge is 0.267 e. The van der Waals surface area contributed by atoms with Crippen LogP contribution in [0.1, 0.15) is 87.6 Å². The Hall–Kier alpha value is -1.49. The number of hydrogen-bond donors (Lipinski definition) is 1. The Bertz CT molecular complexity index is 503. The SMILES string of the molecule is CC.CCC.CCc1nc2c(c(C(N)=O)n1)C1CCC(C2)O1. The van der Waals surface area contributed by atoms with Crippen molar-refractivity contribution in [1.29, 1.82) is 0 Å². The van der Waals surface area contributed by atoms with Gasteiger partial charge in [-0.2, -0.15) is 0 Å². The highest BCUT2D eigenvalue weighted by Crippen LogP contribution is 2.41. The quantitative estimate of drug-likeness (QED) is 0.908. The summed E-state index contributed by atoms with van der Waals surface area (Å²) in [6.45, 7) is 10.2. The van der Waals surface area contributed by atoms with Gasteiger partial charge in [0.1, 0.15) is 11.5 Å². The molecule has 1 saturated heterocycles. The Morgan fingerprint density at radius 1 is 1.23 bits per heavy atom. The second-order valence-electron chi connectivity index (χ2n) is 5.30. The van der Waals surface area contributed by atoms with Crippen molar-refractivity contribution >= 4 is 5.91 Å². The fourth-order valence-corrected chi connectivity index (χ4v) is 2.69. The van der Waals surface area contributed by atoms with Gasteiger partial charge in [-0.1, -0.05) is 41.0 Å². The number of aromatic nitrogens is 2. The average molecular weight is 307 g/mol. The third-order valence-corrected chi connectivity index (χ3v) is 3.47. The molecule has 0 aromatic carbocycles. The van der Waals surface area contributed by atoms with Gasteiger partial charge in [-0.3, -0.25) is 4.79 Å². The van der Waals surface area contributed by atoms with Gasteiger partial charge in [-0.15, -0.1) is 0 Å². The minimum Gasteiger partial charge on any atom is -0.370 e. The zero-order valence-electron chi connectivity index (χ0n) is 14.5. The lowest BCUT2D eigenvalue weighted by atomic mass is 10.0. The van der Waals surface area contributed by atoms with Crippen LogP contribution in [0.25, 0.3) is 0 Å². The van der Waals surface area contributed by atoms with Gasteiger partial charge in [0.2, 0.25) is 0 Å². The summed E-state index contributed by atoms with van der Waals surface area (Å²) in [5, 5.41) is 0. The first kappa shape index (κ1) is 18.6.